The molecule has 0 N–H and O–H groups in total. The molecule has 148 valence electrons. The molecule has 1 aromatic carbocycles. The van der Waals surface area contributed by atoms with Crippen LogP contribution in [0.5, 0.6) is 0 Å². The van der Waals surface area contributed by atoms with E-state index in [1.165, 1.54) is 33.4 Å². The van der Waals surface area contributed by atoms with Crippen molar-refractivity contribution in [3.8, 4) is 11.3 Å². The Morgan fingerprint density at radius 1 is 1.14 bits per heavy atom. The zero-order valence-electron chi connectivity index (χ0n) is 18.0. The molecule has 0 radical (unpaired) electrons. The molecule has 0 saturated heterocycles. The number of aryl methyl sites for hydroxylation is 1. The van der Waals surface area contributed by atoms with Gasteiger partial charge in [0.2, 0.25) is 0 Å². The Balaban J connectivity index is 2.05. The fraction of sp³-hybridized carbons (Fsp3) is 0.250. The minimum Gasteiger partial charge on any atom is -0.256 e. The smallest absolute Gasteiger partial charge is 0.0705 e. The van der Waals surface area contributed by atoms with Gasteiger partial charge >= 0.3 is 0 Å². The van der Waals surface area contributed by atoms with Crippen LogP contribution in [-0.2, 0) is 0 Å². The lowest BCUT2D eigenvalue weighted by atomic mass is 9.77. The Morgan fingerprint density at radius 2 is 1.97 bits per heavy atom. The van der Waals surface area contributed by atoms with Crippen molar-refractivity contribution in [3.05, 3.63) is 113 Å². The summed E-state index contributed by atoms with van der Waals surface area (Å²) in [6, 6.07) is 12.7. The number of hydrogen-bond acceptors (Lipinski definition) is 1. The van der Waals surface area contributed by atoms with E-state index in [0.29, 0.717) is 11.8 Å². The zero-order valence-corrected chi connectivity index (χ0v) is 18.0. The van der Waals surface area contributed by atoms with Crippen LogP contribution in [0.2, 0.25) is 0 Å². The van der Waals surface area contributed by atoms with Gasteiger partial charge in [0.1, 0.15) is 0 Å². The lowest BCUT2D eigenvalue weighted by molar-refractivity contribution is 0.629. The maximum Gasteiger partial charge on any atom is 0.0705 e. The van der Waals surface area contributed by atoms with E-state index in [4.69, 9.17) is 0 Å². The van der Waals surface area contributed by atoms with E-state index in [1.807, 2.05) is 18.3 Å². The highest BCUT2D eigenvalue weighted by Crippen LogP contribution is 2.40. The highest BCUT2D eigenvalue weighted by Gasteiger charge is 2.24. The second-order valence-electron chi connectivity index (χ2n) is 7.77. The van der Waals surface area contributed by atoms with E-state index >= 15 is 0 Å². The highest BCUT2D eigenvalue weighted by molar-refractivity contribution is 5.67. The predicted molar refractivity (Wildman–Crippen MR) is 126 cm³/mol. The van der Waals surface area contributed by atoms with Crippen molar-refractivity contribution in [1.82, 2.24) is 4.98 Å². The molecule has 1 heterocycles. The third-order valence-electron chi connectivity index (χ3n) is 5.78. The molecule has 1 nitrogen and oxygen atoms in total. The Morgan fingerprint density at radius 3 is 2.66 bits per heavy atom. The average molecular weight is 382 g/mol. The molecule has 1 aromatic heterocycles. The first-order valence-corrected chi connectivity index (χ1v) is 10.5. The van der Waals surface area contributed by atoms with Crippen LogP contribution in [0.1, 0.15) is 44.2 Å². The molecule has 2 unspecified atom stereocenters. The lowest BCUT2D eigenvalue weighted by Gasteiger charge is -2.27. The second kappa shape index (κ2) is 9.52. The van der Waals surface area contributed by atoms with Crippen molar-refractivity contribution in [2.75, 3.05) is 0 Å². The molecule has 0 spiro atoms. The summed E-state index contributed by atoms with van der Waals surface area (Å²) in [4.78, 5) is 4.63. The third-order valence-corrected chi connectivity index (χ3v) is 5.78. The molecule has 3 rings (SSSR count). The summed E-state index contributed by atoms with van der Waals surface area (Å²) in [6.07, 6.45) is 16.2. The fourth-order valence-corrected chi connectivity index (χ4v) is 3.91. The number of nitrogens with zero attached hydrogens (tertiary/aromatic N) is 1. The van der Waals surface area contributed by atoms with Gasteiger partial charge in [-0.2, -0.15) is 0 Å². The number of allylic oxidation sites excluding steroid dienone is 9. The van der Waals surface area contributed by atoms with E-state index < -0.39 is 0 Å². The van der Waals surface area contributed by atoms with Gasteiger partial charge in [-0.05, 0) is 66.2 Å². The number of rotatable bonds is 6. The SMILES string of the molecule is C=C/C(=C/C=C(\C)C1=CC(c2c(C)cccc2-c2ccccn2)C(C)C=C1)CC. The largest absolute Gasteiger partial charge is 0.256 e. The molecule has 1 aliphatic rings. The molecule has 1 heteroatoms. The maximum absolute atomic E-state index is 4.63. The van der Waals surface area contributed by atoms with Crippen LogP contribution in [-0.4, -0.2) is 4.98 Å². The van der Waals surface area contributed by atoms with Gasteiger partial charge in [0.25, 0.3) is 0 Å². The van der Waals surface area contributed by atoms with Gasteiger partial charge < -0.3 is 0 Å². The van der Waals surface area contributed by atoms with Crippen molar-refractivity contribution in [3.63, 3.8) is 0 Å². The normalized spacial score (nSPS) is 19.8. The summed E-state index contributed by atoms with van der Waals surface area (Å²) in [5.74, 6) is 0.760. The van der Waals surface area contributed by atoms with Crippen molar-refractivity contribution in [1.29, 1.82) is 0 Å². The molecule has 0 aliphatic heterocycles. The molecule has 0 amide bonds. The summed E-state index contributed by atoms with van der Waals surface area (Å²) in [6.45, 7) is 12.8. The molecule has 29 heavy (non-hydrogen) atoms. The van der Waals surface area contributed by atoms with Gasteiger partial charge in [0.15, 0.2) is 0 Å². The highest BCUT2D eigenvalue weighted by atomic mass is 14.7. The van der Waals surface area contributed by atoms with Crippen molar-refractivity contribution < 1.29 is 0 Å². The topological polar surface area (TPSA) is 12.9 Å². The Hall–Kier alpha value is -2.93. The molecule has 1 aliphatic carbocycles. The summed E-state index contributed by atoms with van der Waals surface area (Å²) in [7, 11) is 0. The second-order valence-corrected chi connectivity index (χ2v) is 7.77. The standard InChI is InChI=1S/C28H31N/c1-6-23(7-2)16-14-20(3)24-17-15-21(4)26(19-24)28-22(5)11-10-12-25(28)27-13-8-9-18-29-27/h6,8-19,21,26H,1,7H2,2-5H3/b20-14+,23-16-. The Bertz CT molecular complexity index is 986. The minimum atomic E-state index is 0.325. The molecule has 0 bridgehead atoms. The molecule has 0 saturated carbocycles. The predicted octanol–water partition coefficient (Wildman–Crippen LogP) is 7.74. The molecular formula is C28H31N. The molecule has 0 fully saturated rings. The first kappa shape index (κ1) is 20.8. The zero-order chi connectivity index (χ0) is 20.8. The molecule has 2 aromatic rings. The monoisotopic (exact) mass is 381 g/mol. The summed E-state index contributed by atoms with van der Waals surface area (Å²) < 4.78 is 0. The maximum atomic E-state index is 4.63. The van der Waals surface area contributed by atoms with E-state index in [-0.39, 0.29) is 0 Å². The van der Waals surface area contributed by atoms with Crippen LogP contribution in [0, 0.1) is 12.8 Å². The van der Waals surface area contributed by atoms with Gasteiger partial charge in [-0.15, -0.1) is 0 Å². The van der Waals surface area contributed by atoms with Crippen molar-refractivity contribution in [2.24, 2.45) is 5.92 Å². The fourth-order valence-electron chi connectivity index (χ4n) is 3.91. The van der Waals surface area contributed by atoms with Gasteiger partial charge in [-0.3, -0.25) is 4.98 Å². The minimum absolute atomic E-state index is 0.325. The first-order chi connectivity index (χ1) is 14.0. The van der Waals surface area contributed by atoms with E-state index in [0.717, 1.165) is 12.1 Å². The number of aromatic nitrogens is 1. The van der Waals surface area contributed by atoms with Crippen LogP contribution in [0.4, 0.5) is 0 Å². The summed E-state index contributed by atoms with van der Waals surface area (Å²) >= 11 is 0. The average Bonchev–Trinajstić information content (AvgIpc) is 2.75. The van der Waals surface area contributed by atoms with Crippen LogP contribution in [0.3, 0.4) is 0 Å². The van der Waals surface area contributed by atoms with Crippen LogP contribution in [0.15, 0.2) is 102 Å². The quantitative estimate of drug-likeness (QED) is 0.466. The lowest BCUT2D eigenvalue weighted by Crippen LogP contribution is -2.12. The Kier molecular flexibility index (Phi) is 6.82. The van der Waals surface area contributed by atoms with Crippen LogP contribution in [0.25, 0.3) is 11.3 Å². The first-order valence-electron chi connectivity index (χ1n) is 10.5. The van der Waals surface area contributed by atoms with Gasteiger partial charge in [-0.1, -0.05) is 81.1 Å². The van der Waals surface area contributed by atoms with Gasteiger partial charge in [-0.25, -0.2) is 0 Å². The Labute approximate surface area is 175 Å². The molecular weight excluding hydrogens is 350 g/mol. The summed E-state index contributed by atoms with van der Waals surface area (Å²) in [5.41, 5.74) is 8.79. The number of benzene rings is 1. The molecule has 2 atom stereocenters. The number of pyridine rings is 1. The van der Waals surface area contributed by atoms with Crippen LogP contribution < -0.4 is 0 Å². The van der Waals surface area contributed by atoms with Gasteiger partial charge in [0, 0.05) is 17.7 Å². The summed E-state index contributed by atoms with van der Waals surface area (Å²) in [5, 5.41) is 0. The van der Waals surface area contributed by atoms with E-state index in [9.17, 15) is 0 Å². The van der Waals surface area contributed by atoms with Gasteiger partial charge in [0.05, 0.1) is 5.69 Å². The van der Waals surface area contributed by atoms with Crippen molar-refractivity contribution in [2.45, 2.75) is 40.0 Å². The van der Waals surface area contributed by atoms with E-state index in [2.05, 4.69) is 100.0 Å². The third kappa shape index (κ3) is 4.74. The number of hydrogen-bond donors (Lipinski definition) is 0. The van der Waals surface area contributed by atoms with Crippen molar-refractivity contribution >= 4 is 0 Å². The van der Waals surface area contributed by atoms with E-state index in [1.54, 1.807) is 0 Å². The van der Waals surface area contributed by atoms with Crippen LogP contribution >= 0.6 is 0 Å².